The van der Waals surface area contributed by atoms with E-state index in [-0.39, 0.29) is 11.0 Å². The minimum absolute atomic E-state index is 0.0784. The number of benzene rings is 1. The van der Waals surface area contributed by atoms with Crippen molar-refractivity contribution in [2.75, 3.05) is 12.4 Å². The molecule has 2 bridgehead atoms. The van der Waals surface area contributed by atoms with Crippen LogP contribution in [0.15, 0.2) is 29.2 Å². The molecule has 2 aliphatic heterocycles. The van der Waals surface area contributed by atoms with Gasteiger partial charge in [0, 0.05) is 5.69 Å². The molecular weight excluding hydrogens is 336 g/mol. The van der Waals surface area contributed by atoms with Gasteiger partial charge in [-0.25, -0.2) is 13.1 Å². The zero-order valence-corrected chi connectivity index (χ0v) is 13.7. The van der Waals surface area contributed by atoms with Crippen LogP contribution in [-0.2, 0) is 24.3 Å². The quantitative estimate of drug-likeness (QED) is 0.704. The van der Waals surface area contributed by atoms with Crippen LogP contribution in [0.4, 0.5) is 5.69 Å². The number of aliphatic carboxylic acids is 1. The van der Waals surface area contributed by atoms with Crippen molar-refractivity contribution < 1.29 is 27.9 Å². The van der Waals surface area contributed by atoms with Crippen LogP contribution in [-0.4, -0.2) is 44.7 Å². The molecule has 0 unspecified atom stereocenters. The highest BCUT2D eigenvalue weighted by atomic mass is 32.2. The van der Waals surface area contributed by atoms with E-state index in [4.69, 9.17) is 4.74 Å². The van der Waals surface area contributed by atoms with Gasteiger partial charge in [-0.15, -0.1) is 0 Å². The van der Waals surface area contributed by atoms with Gasteiger partial charge in [0.25, 0.3) is 0 Å². The molecule has 0 aromatic heterocycles. The Balaban J connectivity index is 1.74. The number of rotatable bonds is 5. The molecule has 1 aromatic rings. The smallest absolute Gasteiger partial charge is 0.310 e. The SMILES string of the molecule is CNS(=O)(=O)c1ccc(NC(=O)[C@H]2[C@@H](C(=O)O)[C@H]3CC[C@@H]2O3)cc1. The lowest BCUT2D eigenvalue weighted by atomic mass is 9.78. The van der Waals surface area contributed by atoms with E-state index in [9.17, 15) is 23.1 Å². The van der Waals surface area contributed by atoms with Gasteiger partial charge in [0.1, 0.15) is 0 Å². The maximum absolute atomic E-state index is 12.5. The fraction of sp³-hybridized carbons (Fsp3) is 0.467. The summed E-state index contributed by atoms with van der Waals surface area (Å²) >= 11 is 0. The second kappa shape index (κ2) is 6.15. The van der Waals surface area contributed by atoms with Crippen LogP contribution in [0.5, 0.6) is 0 Å². The molecule has 2 heterocycles. The first-order chi connectivity index (χ1) is 11.3. The summed E-state index contributed by atoms with van der Waals surface area (Å²) in [7, 11) is -2.23. The van der Waals surface area contributed by atoms with Crippen LogP contribution < -0.4 is 10.0 Å². The average Bonchev–Trinajstić information content (AvgIpc) is 3.16. The number of hydrogen-bond donors (Lipinski definition) is 3. The van der Waals surface area contributed by atoms with Gasteiger partial charge in [0.2, 0.25) is 15.9 Å². The summed E-state index contributed by atoms with van der Waals surface area (Å²) in [6.07, 6.45) is 0.542. The van der Waals surface area contributed by atoms with Crippen LogP contribution in [0.3, 0.4) is 0 Å². The molecule has 2 saturated heterocycles. The number of carbonyl (C=O) groups excluding carboxylic acids is 1. The summed E-state index contributed by atoms with van der Waals surface area (Å²) in [6, 6.07) is 5.67. The molecule has 9 heteroatoms. The fourth-order valence-electron chi connectivity index (χ4n) is 3.39. The number of anilines is 1. The van der Waals surface area contributed by atoms with E-state index < -0.39 is 39.8 Å². The topological polar surface area (TPSA) is 122 Å². The van der Waals surface area contributed by atoms with Gasteiger partial charge in [0.15, 0.2) is 0 Å². The predicted octanol–water partition coefficient (Wildman–Crippen LogP) is 0.411. The minimum atomic E-state index is -3.55. The van der Waals surface area contributed by atoms with Gasteiger partial charge in [0.05, 0.1) is 28.9 Å². The number of ether oxygens (including phenoxy) is 1. The standard InChI is InChI=1S/C15H18N2O6S/c1-16-24(21,22)9-4-2-8(3-5-9)17-14(18)12-10-6-7-11(23-10)13(12)15(19)20/h2-5,10-13,16H,6-7H2,1H3,(H,17,18)(H,19,20)/t10-,11+,12+,13-/m0/s1. The Morgan fingerprint density at radius 3 is 2.25 bits per heavy atom. The van der Waals surface area contributed by atoms with Crippen LogP contribution in [0.25, 0.3) is 0 Å². The first-order valence-electron chi connectivity index (χ1n) is 7.56. The van der Waals surface area contributed by atoms with Gasteiger partial charge in [-0.1, -0.05) is 0 Å². The first-order valence-corrected chi connectivity index (χ1v) is 9.04. The predicted molar refractivity (Wildman–Crippen MR) is 83.8 cm³/mol. The van der Waals surface area contributed by atoms with Gasteiger partial charge >= 0.3 is 5.97 Å². The molecule has 1 aromatic carbocycles. The zero-order chi connectivity index (χ0) is 17.5. The summed E-state index contributed by atoms with van der Waals surface area (Å²) in [4.78, 5) is 24.0. The van der Waals surface area contributed by atoms with Gasteiger partial charge < -0.3 is 15.2 Å². The minimum Gasteiger partial charge on any atom is -0.481 e. The Labute approximate surface area is 139 Å². The average molecular weight is 354 g/mol. The number of carboxylic acid groups (broad SMARTS) is 1. The van der Waals surface area contributed by atoms with Crippen LogP contribution >= 0.6 is 0 Å². The Morgan fingerprint density at radius 2 is 1.71 bits per heavy atom. The molecule has 8 nitrogen and oxygen atoms in total. The van der Waals surface area contributed by atoms with Crippen molar-refractivity contribution in [1.82, 2.24) is 4.72 Å². The van der Waals surface area contributed by atoms with E-state index >= 15 is 0 Å². The second-order valence-electron chi connectivity index (χ2n) is 5.90. The normalized spacial score (nSPS) is 28.7. The van der Waals surface area contributed by atoms with Gasteiger partial charge in [-0.2, -0.15) is 0 Å². The maximum atomic E-state index is 12.5. The largest absolute Gasteiger partial charge is 0.481 e. The Bertz CT molecular complexity index is 761. The maximum Gasteiger partial charge on any atom is 0.310 e. The molecule has 3 rings (SSSR count). The zero-order valence-electron chi connectivity index (χ0n) is 12.9. The summed E-state index contributed by atoms with van der Waals surface area (Å²) in [5.41, 5.74) is 0.405. The van der Waals surface area contributed by atoms with Crippen LogP contribution in [0.1, 0.15) is 12.8 Å². The lowest BCUT2D eigenvalue weighted by Gasteiger charge is -2.23. The Morgan fingerprint density at radius 1 is 1.12 bits per heavy atom. The van der Waals surface area contributed by atoms with E-state index in [0.717, 1.165) is 0 Å². The molecule has 0 saturated carbocycles. The number of amides is 1. The molecule has 3 N–H and O–H groups in total. The summed E-state index contributed by atoms with van der Waals surface area (Å²) < 4.78 is 31.1. The molecule has 1 amide bonds. The molecule has 0 spiro atoms. The third-order valence-electron chi connectivity index (χ3n) is 4.56. The van der Waals surface area contributed by atoms with Crippen LogP contribution in [0, 0.1) is 11.8 Å². The van der Waals surface area contributed by atoms with E-state index in [1.54, 1.807) is 0 Å². The van der Waals surface area contributed by atoms with Crippen molar-refractivity contribution >= 4 is 27.6 Å². The number of carboxylic acids is 1. The lowest BCUT2D eigenvalue weighted by molar-refractivity contribution is -0.147. The highest BCUT2D eigenvalue weighted by Gasteiger charge is 2.55. The summed E-state index contributed by atoms with van der Waals surface area (Å²) in [6.45, 7) is 0. The molecule has 130 valence electrons. The third kappa shape index (κ3) is 2.90. The number of sulfonamides is 1. The van der Waals surface area contributed by atoms with Crippen molar-refractivity contribution in [3.05, 3.63) is 24.3 Å². The van der Waals surface area contributed by atoms with E-state index in [2.05, 4.69) is 10.0 Å². The number of fused-ring (bicyclic) bond motifs is 2. The first kappa shape index (κ1) is 16.9. The number of nitrogens with one attached hydrogen (secondary N) is 2. The highest BCUT2D eigenvalue weighted by Crippen LogP contribution is 2.44. The van der Waals surface area contributed by atoms with Crippen molar-refractivity contribution in [3.63, 3.8) is 0 Å². The van der Waals surface area contributed by atoms with E-state index in [1.165, 1.54) is 31.3 Å². The Kier molecular flexibility index (Phi) is 4.33. The fourth-order valence-corrected chi connectivity index (χ4v) is 4.12. The molecule has 0 aliphatic carbocycles. The molecular formula is C15H18N2O6S. The van der Waals surface area contributed by atoms with E-state index in [0.29, 0.717) is 18.5 Å². The van der Waals surface area contributed by atoms with E-state index in [1.807, 2.05) is 0 Å². The van der Waals surface area contributed by atoms with Crippen LogP contribution in [0.2, 0.25) is 0 Å². The van der Waals surface area contributed by atoms with Crippen molar-refractivity contribution in [3.8, 4) is 0 Å². The van der Waals surface area contributed by atoms with Crippen molar-refractivity contribution in [1.29, 1.82) is 0 Å². The molecule has 24 heavy (non-hydrogen) atoms. The molecule has 2 fully saturated rings. The van der Waals surface area contributed by atoms with Gasteiger partial charge in [-0.05, 0) is 44.2 Å². The number of carbonyl (C=O) groups is 2. The molecule has 0 radical (unpaired) electrons. The Hall–Kier alpha value is -1.97. The molecule has 2 aliphatic rings. The second-order valence-corrected chi connectivity index (χ2v) is 7.79. The van der Waals surface area contributed by atoms with Gasteiger partial charge in [-0.3, -0.25) is 9.59 Å². The highest BCUT2D eigenvalue weighted by molar-refractivity contribution is 7.89. The van der Waals surface area contributed by atoms with Crippen molar-refractivity contribution in [2.24, 2.45) is 11.8 Å². The lowest BCUT2D eigenvalue weighted by Crippen LogP contribution is -2.40. The summed E-state index contributed by atoms with van der Waals surface area (Å²) in [5, 5.41) is 12.0. The summed E-state index contributed by atoms with van der Waals surface area (Å²) in [5.74, 6) is -3.02. The molecule has 4 atom stereocenters. The monoisotopic (exact) mass is 354 g/mol. The third-order valence-corrected chi connectivity index (χ3v) is 5.99. The number of hydrogen-bond acceptors (Lipinski definition) is 5. The van der Waals surface area contributed by atoms with Crippen molar-refractivity contribution in [2.45, 2.75) is 29.9 Å².